The summed E-state index contributed by atoms with van der Waals surface area (Å²) in [5.74, 6) is -0.332. The minimum atomic E-state index is -0.482. The van der Waals surface area contributed by atoms with Crippen molar-refractivity contribution in [1.82, 2.24) is 5.32 Å². The summed E-state index contributed by atoms with van der Waals surface area (Å²) in [4.78, 5) is 39.3. The molecule has 0 radical (unpaired) electrons. The molecule has 29 heavy (non-hydrogen) atoms. The molecule has 0 aromatic heterocycles. The molecule has 0 unspecified atom stereocenters. The molecule has 7 heteroatoms. The number of anilines is 2. The fraction of sp³-hybridized carbons (Fsp3) is 0.318. The van der Waals surface area contributed by atoms with Crippen molar-refractivity contribution in [3.05, 3.63) is 54.1 Å². The van der Waals surface area contributed by atoms with Gasteiger partial charge >= 0.3 is 0 Å². The number of carbonyl (C=O) groups excluding carboxylic acids is 3. The number of carbonyl (C=O) groups is 3. The van der Waals surface area contributed by atoms with Gasteiger partial charge in [0.15, 0.2) is 0 Å². The van der Waals surface area contributed by atoms with Crippen LogP contribution in [-0.2, 0) is 9.59 Å². The maximum absolute atomic E-state index is 12.8. The van der Waals surface area contributed by atoms with Gasteiger partial charge in [-0.1, -0.05) is 12.1 Å². The molecular weight excluding hydrogens is 370 g/mol. The van der Waals surface area contributed by atoms with Crippen molar-refractivity contribution in [2.45, 2.75) is 25.3 Å². The van der Waals surface area contributed by atoms with Gasteiger partial charge in [-0.2, -0.15) is 0 Å². The van der Waals surface area contributed by atoms with Gasteiger partial charge in [0.2, 0.25) is 11.8 Å². The van der Waals surface area contributed by atoms with Crippen LogP contribution < -0.4 is 20.3 Å². The molecule has 1 aliphatic carbocycles. The van der Waals surface area contributed by atoms with E-state index < -0.39 is 5.92 Å². The number of para-hydroxylation sites is 1. The Morgan fingerprint density at radius 1 is 1.07 bits per heavy atom. The van der Waals surface area contributed by atoms with Gasteiger partial charge in [-0.05, 0) is 49.2 Å². The van der Waals surface area contributed by atoms with Gasteiger partial charge in [0.25, 0.3) is 5.91 Å². The molecule has 2 aliphatic rings. The van der Waals surface area contributed by atoms with Gasteiger partial charge < -0.3 is 20.3 Å². The van der Waals surface area contributed by atoms with E-state index in [0.29, 0.717) is 23.5 Å². The van der Waals surface area contributed by atoms with E-state index in [9.17, 15) is 14.4 Å². The van der Waals surface area contributed by atoms with E-state index in [-0.39, 0.29) is 30.2 Å². The third-order valence-corrected chi connectivity index (χ3v) is 5.22. The lowest BCUT2D eigenvalue weighted by molar-refractivity contribution is -0.122. The molecule has 3 amide bonds. The van der Waals surface area contributed by atoms with Crippen LogP contribution in [0.15, 0.2) is 48.5 Å². The van der Waals surface area contributed by atoms with Crippen LogP contribution >= 0.6 is 0 Å². The van der Waals surface area contributed by atoms with Crippen molar-refractivity contribution in [3.63, 3.8) is 0 Å². The van der Waals surface area contributed by atoms with Gasteiger partial charge in [0.1, 0.15) is 5.75 Å². The highest BCUT2D eigenvalue weighted by Crippen LogP contribution is 2.28. The highest BCUT2D eigenvalue weighted by Gasteiger charge is 2.35. The fourth-order valence-electron chi connectivity index (χ4n) is 3.41. The lowest BCUT2D eigenvalue weighted by Crippen LogP contribution is -2.30. The average molecular weight is 393 g/mol. The molecule has 2 aromatic carbocycles. The third-order valence-electron chi connectivity index (χ3n) is 5.22. The van der Waals surface area contributed by atoms with Crippen LogP contribution in [0.5, 0.6) is 5.75 Å². The van der Waals surface area contributed by atoms with E-state index >= 15 is 0 Å². The first-order valence-corrected chi connectivity index (χ1v) is 9.70. The molecule has 0 bridgehead atoms. The Balaban J connectivity index is 1.44. The Hall–Kier alpha value is -3.35. The molecule has 2 N–H and O–H groups in total. The molecule has 2 aromatic rings. The molecule has 1 heterocycles. The average Bonchev–Trinajstić information content (AvgIpc) is 3.46. The van der Waals surface area contributed by atoms with Crippen LogP contribution in [0.25, 0.3) is 0 Å². The predicted molar refractivity (Wildman–Crippen MR) is 109 cm³/mol. The number of methoxy groups -OCH3 is 1. The summed E-state index contributed by atoms with van der Waals surface area (Å²) in [6.45, 7) is 0.299. The first kappa shape index (κ1) is 19.0. The van der Waals surface area contributed by atoms with Crippen molar-refractivity contribution in [1.29, 1.82) is 0 Å². The summed E-state index contributed by atoms with van der Waals surface area (Å²) in [7, 11) is 1.58. The number of hydrogen-bond acceptors (Lipinski definition) is 4. The zero-order valence-corrected chi connectivity index (χ0v) is 16.2. The zero-order valence-electron chi connectivity index (χ0n) is 16.2. The Kier molecular flexibility index (Phi) is 5.20. The fourth-order valence-corrected chi connectivity index (χ4v) is 3.41. The molecule has 4 rings (SSSR count). The first-order valence-electron chi connectivity index (χ1n) is 9.70. The molecule has 0 spiro atoms. The second-order valence-corrected chi connectivity index (χ2v) is 7.39. The molecular formula is C22H23N3O4. The summed E-state index contributed by atoms with van der Waals surface area (Å²) in [6.07, 6.45) is 2.12. The second-order valence-electron chi connectivity index (χ2n) is 7.39. The standard InChI is InChI=1S/C22H23N3O4/c1-29-17-10-8-16(9-11-17)25-13-14(12-20(25)26)21(27)24-19-5-3-2-4-18(19)22(28)23-15-6-7-15/h2-5,8-11,14-15H,6-7,12-13H2,1H3,(H,23,28)(H,24,27)/t14-/m0/s1. The van der Waals surface area contributed by atoms with E-state index in [0.717, 1.165) is 18.5 Å². The Labute approximate surface area is 169 Å². The zero-order chi connectivity index (χ0) is 20.4. The van der Waals surface area contributed by atoms with E-state index in [1.807, 2.05) is 0 Å². The lowest BCUT2D eigenvalue weighted by atomic mass is 10.1. The SMILES string of the molecule is COc1ccc(N2C[C@@H](C(=O)Nc3ccccc3C(=O)NC3CC3)CC2=O)cc1. The van der Waals surface area contributed by atoms with Crippen LogP contribution in [0, 0.1) is 5.92 Å². The number of nitrogens with zero attached hydrogens (tertiary/aromatic N) is 1. The summed E-state index contributed by atoms with van der Waals surface area (Å²) >= 11 is 0. The van der Waals surface area contributed by atoms with Crippen LogP contribution in [-0.4, -0.2) is 37.4 Å². The van der Waals surface area contributed by atoms with Crippen LogP contribution in [0.2, 0.25) is 0 Å². The highest BCUT2D eigenvalue weighted by atomic mass is 16.5. The van der Waals surface area contributed by atoms with E-state index in [1.165, 1.54) is 0 Å². The first-order chi connectivity index (χ1) is 14.0. The summed E-state index contributed by atoms with van der Waals surface area (Å²) < 4.78 is 5.14. The molecule has 1 saturated carbocycles. The monoisotopic (exact) mass is 393 g/mol. The number of benzene rings is 2. The van der Waals surface area contributed by atoms with Gasteiger partial charge in [-0.3, -0.25) is 14.4 Å². The van der Waals surface area contributed by atoms with Gasteiger partial charge in [0, 0.05) is 24.7 Å². The Bertz CT molecular complexity index is 937. The van der Waals surface area contributed by atoms with E-state index in [4.69, 9.17) is 4.74 Å². The largest absolute Gasteiger partial charge is 0.497 e. The molecule has 1 aliphatic heterocycles. The van der Waals surface area contributed by atoms with E-state index in [1.54, 1.807) is 60.5 Å². The number of amides is 3. The quantitative estimate of drug-likeness (QED) is 0.790. The smallest absolute Gasteiger partial charge is 0.253 e. The maximum Gasteiger partial charge on any atom is 0.253 e. The highest BCUT2D eigenvalue weighted by molar-refractivity contribution is 6.07. The number of nitrogens with one attached hydrogen (secondary N) is 2. The van der Waals surface area contributed by atoms with Crippen molar-refractivity contribution >= 4 is 29.1 Å². The Morgan fingerprint density at radius 3 is 2.48 bits per heavy atom. The predicted octanol–water partition coefficient (Wildman–Crippen LogP) is 2.58. The van der Waals surface area contributed by atoms with Crippen molar-refractivity contribution < 1.29 is 19.1 Å². The minimum absolute atomic E-state index is 0.102. The molecule has 150 valence electrons. The summed E-state index contributed by atoms with van der Waals surface area (Å²) in [5, 5.41) is 5.77. The van der Waals surface area contributed by atoms with E-state index in [2.05, 4.69) is 10.6 Å². The lowest BCUT2D eigenvalue weighted by Gasteiger charge is -2.17. The topological polar surface area (TPSA) is 87.7 Å². The van der Waals surface area contributed by atoms with Crippen molar-refractivity contribution in [3.8, 4) is 5.75 Å². The third kappa shape index (κ3) is 4.23. The molecule has 2 fully saturated rings. The normalized spacial score (nSPS) is 18.4. The second kappa shape index (κ2) is 7.95. The molecule has 1 saturated heterocycles. The van der Waals surface area contributed by atoms with Crippen LogP contribution in [0.3, 0.4) is 0 Å². The van der Waals surface area contributed by atoms with Crippen LogP contribution in [0.1, 0.15) is 29.6 Å². The number of hydrogen-bond donors (Lipinski definition) is 2. The summed E-state index contributed by atoms with van der Waals surface area (Å²) in [5.41, 5.74) is 1.63. The van der Waals surface area contributed by atoms with Gasteiger partial charge in [0.05, 0.1) is 24.3 Å². The number of rotatable bonds is 6. The summed E-state index contributed by atoms with van der Waals surface area (Å²) in [6, 6.07) is 14.3. The van der Waals surface area contributed by atoms with Gasteiger partial charge in [-0.25, -0.2) is 0 Å². The van der Waals surface area contributed by atoms with Crippen molar-refractivity contribution in [2.24, 2.45) is 5.92 Å². The maximum atomic E-state index is 12.8. The molecule has 1 atom stereocenters. The van der Waals surface area contributed by atoms with Gasteiger partial charge in [-0.15, -0.1) is 0 Å². The minimum Gasteiger partial charge on any atom is -0.497 e. The van der Waals surface area contributed by atoms with Crippen LogP contribution in [0.4, 0.5) is 11.4 Å². The Morgan fingerprint density at radius 2 is 1.79 bits per heavy atom. The number of ether oxygens (including phenoxy) is 1. The molecule has 7 nitrogen and oxygen atoms in total. The van der Waals surface area contributed by atoms with Crippen molar-refractivity contribution in [2.75, 3.05) is 23.9 Å².